The van der Waals surface area contributed by atoms with Crippen molar-refractivity contribution in [3.8, 4) is 70.4 Å². The summed E-state index contributed by atoms with van der Waals surface area (Å²) in [6, 6.07) is 41.5. The van der Waals surface area contributed by atoms with Gasteiger partial charge in [-0.2, -0.15) is 0 Å². The molecule has 0 spiro atoms. The summed E-state index contributed by atoms with van der Waals surface area (Å²) < 4.78 is 20.8. The molecule has 125 heavy (non-hydrogen) atoms. The second kappa shape index (κ2) is 38.1. The number of fused-ring (bicyclic) bond motifs is 4. The molecule has 642 valence electrons. The van der Waals surface area contributed by atoms with Crippen LogP contribution in [0.4, 0.5) is 19.2 Å². The Morgan fingerprint density at radius 2 is 0.648 bits per heavy atom. The number of methoxy groups -OCH3 is 4. The van der Waals surface area contributed by atoms with Crippen molar-refractivity contribution in [2.75, 3.05) is 61.7 Å². The van der Waals surface area contributed by atoms with Crippen LogP contribution in [0.15, 0.2) is 157 Å². The van der Waals surface area contributed by atoms with Gasteiger partial charge in [0.15, 0.2) is 0 Å². The molecule has 13 N–H and O–H groups in total. The molecule has 0 bridgehead atoms. The Hall–Kier alpha value is -14.8. The molecule has 4 saturated heterocycles. The van der Waals surface area contributed by atoms with E-state index in [4.69, 9.17) is 24.7 Å². The molecule has 4 fully saturated rings. The third kappa shape index (κ3) is 19.9. The second-order valence-corrected chi connectivity index (χ2v) is 30.8. The molecule has 1 aromatic heterocycles. The maximum Gasteiger partial charge on any atom is 0.323 e. The van der Waals surface area contributed by atoms with E-state index in [1.54, 1.807) is 147 Å². The lowest BCUT2D eigenvalue weighted by Gasteiger charge is -2.26. The van der Waals surface area contributed by atoms with Gasteiger partial charge in [-0.3, -0.25) is 59.6 Å². The molecule has 8 aliphatic heterocycles. The number of carbonyl (C=O) groups is 12. The van der Waals surface area contributed by atoms with Gasteiger partial charge in [0.05, 0.1) is 66.8 Å². The van der Waals surface area contributed by atoms with E-state index >= 15 is 0 Å². The normalized spacial score (nSPS) is 20.0. The predicted octanol–water partition coefficient (Wildman–Crippen LogP) is 6.06. The van der Waals surface area contributed by atoms with Crippen molar-refractivity contribution in [3.63, 3.8) is 0 Å². The van der Waals surface area contributed by atoms with E-state index < -0.39 is 82.1 Å². The van der Waals surface area contributed by atoms with Crippen LogP contribution in [0.5, 0.6) is 23.0 Å². The van der Waals surface area contributed by atoms with Crippen LogP contribution in [0.25, 0.3) is 0 Å². The van der Waals surface area contributed by atoms with Gasteiger partial charge in [0.1, 0.15) is 23.0 Å². The first-order valence-corrected chi connectivity index (χ1v) is 40.4. The SMILES string of the molecule is CC.CNCc1cc(C#C[C@@]2(CN3Cc4ccc(OC)cc4C3=O)NC(=O)NC2=O)cs1.COc1ccc2c(c1)C(=O)N(C[C@@]1(C#Cc3ccc(C(C)O)cc3)NC(=O)NC1=O)C2.COc1ccc2c(c1)C(=O)N(C[C@@]1(C#Cc3ccc([C@H](C)N)cc3)NC(=O)NC1=O)C2.COc1ccc2c(c1)C(=O)N(C[C@]1(C#Cc3ccc(C(C)O)cc3)NC(=O)NC1=O)C2. The van der Waals surface area contributed by atoms with Gasteiger partial charge in [0, 0.05) is 93.5 Å². The minimum Gasteiger partial charge on any atom is -0.497 e. The zero-order valence-electron chi connectivity index (χ0n) is 69.8. The van der Waals surface area contributed by atoms with E-state index in [0.717, 1.165) is 55.9 Å². The zero-order valence-corrected chi connectivity index (χ0v) is 70.6. The van der Waals surface area contributed by atoms with Crippen molar-refractivity contribution < 1.29 is 86.7 Å². The third-order valence-electron chi connectivity index (χ3n) is 21.2. The van der Waals surface area contributed by atoms with Gasteiger partial charge in [-0.15, -0.1) is 11.3 Å². The Labute approximate surface area is 724 Å². The molecule has 33 heteroatoms. The number of aliphatic hydroxyl groups excluding tert-OH is 2. The number of nitrogens with two attached hydrogens (primary N) is 1. The number of hydrogen-bond acceptors (Lipinski definition) is 21. The number of benzene rings is 7. The van der Waals surface area contributed by atoms with Crippen LogP contribution in [0.3, 0.4) is 0 Å². The Morgan fingerprint density at radius 3 is 0.872 bits per heavy atom. The first kappa shape index (κ1) is 89.4. The van der Waals surface area contributed by atoms with Crippen LogP contribution in [0.1, 0.15) is 160 Å². The van der Waals surface area contributed by atoms with Crippen molar-refractivity contribution in [2.24, 2.45) is 5.73 Å². The number of urea groups is 4. The molecule has 16 amide bonds. The van der Waals surface area contributed by atoms with E-state index in [1.165, 1.54) is 48.0 Å². The quantitative estimate of drug-likeness (QED) is 0.0364. The van der Waals surface area contributed by atoms with Crippen LogP contribution in [-0.2, 0) is 51.9 Å². The fourth-order valence-electron chi connectivity index (χ4n) is 14.4. The van der Waals surface area contributed by atoms with Crippen LogP contribution in [-0.4, -0.2) is 185 Å². The van der Waals surface area contributed by atoms with Crippen molar-refractivity contribution >= 4 is 82.7 Å². The van der Waals surface area contributed by atoms with Gasteiger partial charge >= 0.3 is 24.1 Å². The molecule has 7 atom stereocenters. The summed E-state index contributed by atoms with van der Waals surface area (Å²) in [7, 11) is 7.97. The molecule has 16 rings (SSSR count). The lowest BCUT2D eigenvalue weighted by molar-refractivity contribution is -0.123. The van der Waals surface area contributed by atoms with Crippen LogP contribution in [0, 0.1) is 47.4 Å². The zero-order chi connectivity index (χ0) is 89.8. The number of aliphatic hydroxyl groups is 2. The first-order chi connectivity index (χ1) is 59.9. The molecule has 0 aliphatic carbocycles. The smallest absolute Gasteiger partial charge is 0.323 e. The van der Waals surface area contributed by atoms with Crippen molar-refractivity contribution in [3.05, 3.63) is 245 Å². The Balaban J connectivity index is 0.000000151. The monoisotopic (exact) mass is 1710 g/mol. The van der Waals surface area contributed by atoms with Gasteiger partial charge < -0.3 is 81.1 Å². The van der Waals surface area contributed by atoms with Gasteiger partial charge in [0.25, 0.3) is 47.3 Å². The number of hydrogen-bond donors (Lipinski definition) is 12. The summed E-state index contributed by atoms with van der Waals surface area (Å²) in [6.07, 6.45) is -1.20. The lowest BCUT2D eigenvalue weighted by Crippen LogP contribution is -2.54. The van der Waals surface area contributed by atoms with E-state index in [0.29, 0.717) is 88.1 Å². The molecule has 32 nitrogen and oxygen atoms in total. The number of carbonyl (C=O) groups excluding carboxylic acids is 12. The standard InChI is InChI=1S/C23H22N4O4.2C23H21N3O5.C21H20N4O4S.C2H6/c1-14(24)16-5-3-15(4-6-16)9-10-23(21(29)25-22(30)26-23)13-27-12-17-7-8-18(31-2)11-19(17)20(27)28;2*1-14(27)16-5-3-15(4-6-16)9-10-23(21(29)24-22(30)25-23)13-26-12-17-7-8-18(31-2)11-19(17)20(26)28;1-22-9-16-7-13(11-30-16)5-6-21(19(27)23-20(28)24-21)12-25-10-14-3-4-15(29-2)8-17(14)18(25)26;1-2/h3-8,11,14H,12-13,24H2,1-2H3,(H2,25,26,29,30);2*3-8,11,14,27H,12-13H2,1-2H3,(H2,24,25,29,30);3-4,7-8,11,22H,9-10,12H2,1-2H3,(H2,23,24,27,28);1-2H3/t14-,23+;2*14?,23-;21-;/m0100./s1. The molecular formula is C92H90N14O18S. The number of rotatable bonds is 17. The van der Waals surface area contributed by atoms with Crippen LogP contribution in [0.2, 0.25) is 0 Å². The fourth-order valence-corrected chi connectivity index (χ4v) is 15.3. The highest BCUT2D eigenvalue weighted by Gasteiger charge is 2.53. The lowest BCUT2D eigenvalue weighted by atomic mass is 9.98. The molecule has 2 unspecified atom stereocenters. The predicted molar refractivity (Wildman–Crippen MR) is 458 cm³/mol. The minimum atomic E-state index is -1.57. The maximum atomic E-state index is 12.9. The van der Waals surface area contributed by atoms with E-state index in [1.807, 2.05) is 63.5 Å². The summed E-state index contributed by atoms with van der Waals surface area (Å²) in [5, 5.41) is 43.5. The van der Waals surface area contributed by atoms with Gasteiger partial charge in [0.2, 0.25) is 22.2 Å². The number of ether oxygens (including phenoxy) is 4. The average Bonchev–Trinajstić information content (AvgIpc) is 1.63. The highest BCUT2D eigenvalue weighted by molar-refractivity contribution is 7.10. The summed E-state index contributed by atoms with van der Waals surface area (Å²) in [4.78, 5) is 157. The van der Waals surface area contributed by atoms with E-state index in [-0.39, 0.29) is 55.8 Å². The Kier molecular flexibility index (Phi) is 27.2. The van der Waals surface area contributed by atoms with Gasteiger partial charge in [-0.05, 0) is 158 Å². The molecular weight excluding hydrogens is 1620 g/mol. The topological polar surface area (TPSA) is 429 Å². The Bertz CT molecular complexity index is 5500. The summed E-state index contributed by atoms with van der Waals surface area (Å²) in [5.74, 6) is 22.2. The van der Waals surface area contributed by atoms with Crippen LogP contribution < -0.4 is 72.5 Å². The number of thiophene rings is 1. The molecule has 8 aromatic rings. The summed E-state index contributed by atoms with van der Waals surface area (Å²) >= 11 is 1.56. The molecule has 9 heterocycles. The molecule has 7 aromatic carbocycles. The number of imide groups is 4. The van der Waals surface area contributed by atoms with E-state index in [9.17, 15) is 67.7 Å². The van der Waals surface area contributed by atoms with Crippen molar-refractivity contribution in [1.29, 1.82) is 0 Å². The minimum absolute atomic E-state index is 0.0547. The summed E-state index contributed by atoms with van der Waals surface area (Å²) in [6.45, 7) is 10.8. The van der Waals surface area contributed by atoms with E-state index in [2.05, 4.69) is 95.2 Å². The maximum absolute atomic E-state index is 12.9. The number of amides is 16. The second-order valence-electron chi connectivity index (χ2n) is 29.8. The molecule has 8 aliphatic rings. The molecule has 0 saturated carbocycles. The first-order valence-electron chi connectivity index (χ1n) is 39.5. The highest BCUT2D eigenvalue weighted by Crippen LogP contribution is 2.34. The number of nitrogens with one attached hydrogen (secondary N) is 9. The van der Waals surface area contributed by atoms with Crippen LogP contribution >= 0.6 is 11.3 Å². The Morgan fingerprint density at radius 1 is 0.392 bits per heavy atom. The number of nitrogens with zero attached hydrogens (tertiary/aromatic N) is 4. The van der Waals surface area contributed by atoms with Crippen molar-refractivity contribution in [2.45, 2.75) is 108 Å². The third-order valence-corrected chi connectivity index (χ3v) is 22.1. The average molecular weight is 1710 g/mol. The largest absolute Gasteiger partial charge is 0.497 e. The van der Waals surface area contributed by atoms with Crippen molar-refractivity contribution in [1.82, 2.24) is 67.5 Å². The van der Waals surface area contributed by atoms with Gasteiger partial charge in [-0.25, -0.2) is 19.2 Å². The van der Waals surface area contributed by atoms with Gasteiger partial charge in [-0.1, -0.05) is 122 Å². The summed E-state index contributed by atoms with van der Waals surface area (Å²) in [5.41, 5.74) is 10.1. The molecule has 0 radical (unpaired) electrons. The fraction of sp³-hybridized carbons (Fsp3) is 0.283. The highest BCUT2D eigenvalue weighted by atomic mass is 32.1.